The zero-order valence-electron chi connectivity index (χ0n) is 11.9. The molecule has 0 unspecified atom stereocenters. The predicted molar refractivity (Wildman–Crippen MR) is 86.9 cm³/mol. The summed E-state index contributed by atoms with van der Waals surface area (Å²) in [7, 11) is 0. The molecule has 20 heavy (non-hydrogen) atoms. The number of rotatable bonds is 3. The molecule has 0 radical (unpaired) electrons. The molecule has 1 aliphatic rings. The van der Waals surface area contributed by atoms with Crippen LogP contribution in [-0.2, 0) is 6.42 Å². The van der Waals surface area contributed by atoms with E-state index in [4.69, 9.17) is 0 Å². The van der Waals surface area contributed by atoms with E-state index < -0.39 is 0 Å². The van der Waals surface area contributed by atoms with Gasteiger partial charge in [0.2, 0.25) is 0 Å². The van der Waals surface area contributed by atoms with E-state index in [-0.39, 0.29) is 10.6 Å². The molecular formula is C16H20BrNO2. The Labute approximate surface area is 128 Å². The van der Waals surface area contributed by atoms with Crippen LogP contribution in [0.25, 0.3) is 0 Å². The van der Waals surface area contributed by atoms with Gasteiger partial charge in [0.25, 0.3) is 5.69 Å². The van der Waals surface area contributed by atoms with Crippen molar-refractivity contribution in [1.29, 1.82) is 0 Å². The van der Waals surface area contributed by atoms with Crippen molar-refractivity contribution in [2.45, 2.75) is 39.5 Å². The fourth-order valence-electron chi connectivity index (χ4n) is 1.89. The fraction of sp³-hybridized carbons (Fsp3) is 0.375. The van der Waals surface area contributed by atoms with Gasteiger partial charge in [-0.05, 0) is 53.7 Å². The molecule has 1 aromatic rings. The Kier molecular flexibility index (Phi) is 7.23. The number of halogens is 1. The van der Waals surface area contributed by atoms with Crippen molar-refractivity contribution in [3.63, 3.8) is 0 Å². The highest BCUT2D eigenvalue weighted by Crippen LogP contribution is 2.25. The van der Waals surface area contributed by atoms with Crippen LogP contribution in [0.3, 0.4) is 0 Å². The van der Waals surface area contributed by atoms with Gasteiger partial charge >= 0.3 is 0 Å². The zero-order valence-corrected chi connectivity index (χ0v) is 13.5. The minimum Gasteiger partial charge on any atom is -0.258 e. The van der Waals surface area contributed by atoms with Gasteiger partial charge < -0.3 is 0 Å². The number of hydrogen-bond donors (Lipinski definition) is 0. The molecule has 0 amide bonds. The first-order chi connectivity index (χ1) is 9.54. The first-order valence-electron chi connectivity index (χ1n) is 6.80. The van der Waals surface area contributed by atoms with Gasteiger partial charge in [-0.3, -0.25) is 10.1 Å². The van der Waals surface area contributed by atoms with Gasteiger partial charge in [-0.1, -0.05) is 43.2 Å². The molecule has 108 valence electrons. The lowest BCUT2D eigenvalue weighted by atomic mass is 10.1. The van der Waals surface area contributed by atoms with Crippen molar-refractivity contribution in [1.82, 2.24) is 0 Å². The molecular weight excluding hydrogens is 318 g/mol. The van der Waals surface area contributed by atoms with E-state index in [9.17, 15) is 10.1 Å². The lowest BCUT2D eigenvalue weighted by molar-refractivity contribution is -0.385. The largest absolute Gasteiger partial charge is 0.283 e. The summed E-state index contributed by atoms with van der Waals surface area (Å²) in [5.74, 6) is 0. The first-order valence-corrected chi connectivity index (χ1v) is 7.60. The van der Waals surface area contributed by atoms with E-state index >= 15 is 0 Å². The number of nitro groups is 1. The molecule has 0 saturated heterocycles. The Morgan fingerprint density at radius 3 is 2.55 bits per heavy atom. The molecule has 3 nitrogen and oxygen atoms in total. The Morgan fingerprint density at radius 1 is 1.35 bits per heavy atom. The topological polar surface area (TPSA) is 43.1 Å². The average molecular weight is 338 g/mol. The summed E-state index contributed by atoms with van der Waals surface area (Å²) in [4.78, 5) is 10.2. The number of benzene rings is 1. The standard InChI is InChI=1S/C9H10BrNO2.C7H10/c1-2-3-7-4-5-8(10)9(6-7)11(12)13;1-7-5-3-2-4-6-7/h4-6H,2-3H2,1H3;3,5-6H,2,4H2,1H3. The van der Waals surface area contributed by atoms with Gasteiger partial charge in [-0.15, -0.1) is 0 Å². The van der Waals surface area contributed by atoms with Gasteiger partial charge in [-0.2, -0.15) is 0 Å². The summed E-state index contributed by atoms with van der Waals surface area (Å²) < 4.78 is 0.539. The lowest BCUT2D eigenvalue weighted by Crippen LogP contribution is -1.91. The summed E-state index contributed by atoms with van der Waals surface area (Å²) in [5, 5.41) is 10.6. The monoisotopic (exact) mass is 337 g/mol. The zero-order chi connectivity index (χ0) is 15.0. The molecule has 0 spiro atoms. The summed E-state index contributed by atoms with van der Waals surface area (Å²) in [6.07, 6.45) is 11.0. The second-order valence-corrected chi connectivity index (χ2v) is 5.58. The molecule has 1 aliphatic carbocycles. The lowest BCUT2D eigenvalue weighted by Gasteiger charge is -1.99. The number of hydrogen-bond acceptors (Lipinski definition) is 2. The van der Waals surface area contributed by atoms with Gasteiger partial charge in [0.1, 0.15) is 0 Å². The number of allylic oxidation sites excluding steroid dienone is 4. The third-order valence-corrected chi connectivity index (χ3v) is 3.60. The fourth-order valence-corrected chi connectivity index (χ4v) is 2.28. The molecule has 0 atom stereocenters. The van der Waals surface area contributed by atoms with Crippen LogP contribution in [0, 0.1) is 10.1 Å². The summed E-state index contributed by atoms with van der Waals surface area (Å²) >= 11 is 3.14. The van der Waals surface area contributed by atoms with Crippen LogP contribution < -0.4 is 0 Å². The minimum atomic E-state index is -0.372. The Balaban J connectivity index is 0.000000240. The van der Waals surface area contributed by atoms with Crippen molar-refractivity contribution in [3.8, 4) is 0 Å². The van der Waals surface area contributed by atoms with Crippen molar-refractivity contribution in [2.24, 2.45) is 0 Å². The molecule has 1 aromatic carbocycles. The van der Waals surface area contributed by atoms with Crippen molar-refractivity contribution >= 4 is 21.6 Å². The highest BCUT2D eigenvalue weighted by molar-refractivity contribution is 9.10. The molecule has 0 heterocycles. The molecule has 0 aliphatic heterocycles. The molecule has 2 rings (SSSR count). The molecule has 0 aromatic heterocycles. The number of aryl methyl sites for hydroxylation is 1. The first kappa shape index (κ1) is 16.6. The van der Waals surface area contributed by atoms with Crippen LogP contribution in [0.1, 0.15) is 38.7 Å². The Morgan fingerprint density at radius 2 is 2.10 bits per heavy atom. The highest BCUT2D eigenvalue weighted by atomic mass is 79.9. The third-order valence-electron chi connectivity index (χ3n) is 2.93. The number of nitrogens with zero attached hydrogens (tertiary/aromatic N) is 1. The van der Waals surface area contributed by atoms with E-state index in [0.29, 0.717) is 4.47 Å². The SMILES string of the molecule is CC1=CCCC=C1.CCCc1ccc(Br)c([N+](=O)[O-])c1. The van der Waals surface area contributed by atoms with E-state index in [1.807, 2.05) is 13.0 Å². The summed E-state index contributed by atoms with van der Waals surface area (Å²) in [6, 6.07) is 5.25. The predicted octanol–water partition coefficient (Wildman–Crippen LogP) is 5.59. The number of nitro benzene ring substituents is 1. The molecule has 4 heteroatoms. The second kappa shape index (κ2) is 8.69. The maximum absolute atomic E-state index is 10.6. The van der Waals surface area contributed by atoms with Gasteiger partial charge in [0.05, 0.1) is 9.40 Å². The Bertz CT molecular complexity index is 521. The maximum atomic E-state index is 10.6. The third kappa shape index (κ3) is 5.70. The van der Waals surface area contributed by atoms with Crippen LogP contribution >= 0.6 is 15.9 Å². The van der Waals surface area contributed by atoms with Crippen molar-refractivity contribution in [3.05, 3.63) is 62.2 Å². The normalized spacial score (nSPS) is 13.2. The molecule has 0 bridgehead atoms. The van der Waals surface area contributed by atoms with Crippen LogP contribution in [0.4, 0.5) is 5.69 Å². The second-order valence-electron chi connectivity index (χ2n) is 4.72. The van der Waals surface area contributed by atoms with Crippen LogP contribution in [0.2, 0.25) is 0 Å². The van der Waals surface area contributed by atoms with Gasteiger partial charge in [-0.25, -0.2) is 0 Å². The van der Waals surface area contributed by atoms with Gasteiger partial charge in [0.15, 0.2) is 0 Å². The minimum absolute atomic E-state index is 0.144. The average Bonchev–Trinajstić information content (AvgIpc) is 2.42. The smallest absolute Gasteiger partial charge is 0.258 e. The van der Waals surface area contributed by atoms with E-state index in [0.717, 1.165) is 18.4 Å². The van der Waals surface area contributed by atoms with Crippen molar-refractivity contribution in [2.75, 3.05) is 0 Å². The van der Waals surface area contributed by atoms with Crippen molar-refractivity contribution < 1.29 is 4.92 Å². The maximum Gasteiger partial charge on any atom is 0.283 e. The Hall–Kier alpha value is -1.42. The van der Waals surface area contributed by atoms with E-state index in [2.05, 4.69) is 41.1 Å². The van der Waals surface area contributed by atoms with E-state index in [1.54, 1.807) is 12.1 Å². The highest BCUT2D eigenvalue weighted by Gasteiger charge is 2.11. The molecule has 0 saturated carbocycles. The molecule has 0 N–H and O–H groups in total. The summed E-state index contributed by atoms with van der Waals surface area (Å²) in [5.41, 5.74) is 2.56. The van der Waals surface area contributed by atoms with Crippen LogP contribution in [-0.4, -0.2) is 4.92 Å². The van der Waals surface area contributed by atoms with Gasteiger partial charge in [0, 0.05) is 6.07 Å². The van der Waals surface area contributed by atoms with Crippen LogP contribution in [0.5, 0.6) is 0 Å². The summed E-state index contributed by atoms with van der Waals surface area (Å²) in [6.45, 7) is 4.18. The quantitative estimate of drug-likeness (QED) is 0.532. The molecule has 0 fully saturated rings. The van der Waals surface area contributed by atoms with E-state index in [1.165, 1.54) is 18.4 Å². The van der Waals surface area contributed by atoms with Crippen LogP contribution in [0.15, 0.2) is 46.5 Å².